The topological polar surface area (TPSA) is 0 Å². The van der Waals surface area contributed by atoms with Gasteiger partial charge in [0.15, 0.2) is 0 Å². The summed E-state index contributed by atoms with van der Waals surface area (Å²) in [5.41, 5.74) is 0. The first-order valence-corrected chi connectivity index (χ1v) is 8.10. The molecule has 0 heterocycles. The van der Waals surface area contributed by atoms with Crippen molar-refractivity contribution in [1.29, 1.82) is 0 Å². The molecule has 0 spiro atoms. The summed E-state index contributed by atoms with van der Waals surface area (Å²) in [7, 11) is 0. The van der Waals surface area contributed by atoms with Crippen molar-refractivity contribution in [3.05, 3.63) is 0 Å². The SMILES string of the molecule is C1CC[CH]([Ga+][CH]2CCCC2)C1.[H-]. The van der Waals surface area contributed by atoms with Gasteiger partial charge in [0.2, 0.25) is 0 Å². The maximum atomic E-state index is 1.62. The minimum absolute atomic E-state index is 0. The van der Waals surface area contributed by atoms with E-state index in [2.05, 4.69) is 0 Å². The van der Waals surface area contributed by atoms with Gasteiger partial charge in [-0.15, -0.1) is 0 Å². The monoisotopic (exact) mass is 208 g/mol. The second-order valence-corrected chi connectivity index (χ2v) is 9.05. The van der Waals surface area contributed by atoms with Gasteiger partial charge in [-0.2, -0.15) is 0 Å². The van der Waals surface area contributed by atoms with Crippen molar-refractivity contribution in [2.24, 2.45) is 0 Å². The van der Waals surface area contributed by atoms with E-state index in [1.54, 1.807) is 51.4 Å². The summed E-state index contributed by atoms with van der Waals surface area (Å²) >= 11 is 0.212. The fourth-order valence-corrected chi connectivity index (χ4v) is 7.89. The third kappa shape index (κ3) is 2.28. The Hall–Kier alpha value is 0.636. The summed E-state index contributed by atoms with van der Waals surface area (Å²) < 4.78 is 2.59. The van der Waals surface area contributed by atoms with E-state index in [9.17, 15) is 0 Å². The number of rotatable bonds is 2. The van der Waals surface area contributed by atoms with Crippen LogP contribution in [0.5, 0.6) is 0 Å². The minimum Gasteiger partial charge on any atom is -1.00 e. The van der Waals surface area contributed by atoms with Crippen LogP contribution in [0.25, 0.3) is 0 Å². The fourth-order valence-electron chi connectivity index (χ4n) is 2.68. The molecular formula is C10H19Ga. The molecule has 2 saturated carbocycles. The quantitative estimate of drug-likeness (QED) is 0.610. The van der Waals surface area contributed by atoms with E-state index in [0.29, 0.717) is 0 Å². The van der Waals surface area contributed by atoms with E-state index in [1.807, 2.05) is 0 Å². The Labute approximate surface area is 79.4 Å². The molecule has 2 aliphatic carbocycles. The molecule has 0 nitrogen and oxygen atoms in total. The smallest absolute Gasteiger partial charge is 1.00 e. The van der Waals surface area contributed by atoms with Gasteiger partial charge in [0.1, 0.15) is 0 Å². The van der Waals surface area contributed by atoms with E-state index in [-0.39, 0.29) is 18.8 Å². The van der Waals surface area contributed by atoms with Crippen LogP contribution in [0.2, 0.25) is 8.94 Å². The van der Waals surface area contributed by atoms with E-state index in [0.717, 1.165) is 0 Å². The molecule has 11 heavy (non-hydrogen) atoms. The Kier molecular flexibility index (Phi) is 3.03. The van der Waals surface area contributed by atoms with Gasteiger partial charge in [0.05, 0.1) is 0 Å². The van der Waals surface area contributed by atoms with Gasteiger partial charge in [-0.3, -0.25) is 0 Å². The van der Waals surface area contributed by atoms with E-state index in [1.165, 1.54) is 8.94 Å². The van der Waals surface area contributed by atoms with Crippen LogP contribution in [-0.4, -0.2) is 17.4 Å². The van der Waals surface area contributed by atoms with Crippen molar-refractivity contribution in [3.63, 3.8) is 0 Å². The van der Waals surface area contributed by atoms with Crippen LogP contribution in [0.15, 0.2) is 0 Å². The molecule has 0 atom stereocenters. The summed E-state index contributed by atoms with van der Waals surface area (Å²) in [6.07, 6.45) is 12.7. The molecule has 62 valence electrons. The fraction of sp³-hybridized carbons (Fsp3) is 1.00. The number of hydrogen-bond donors (Lipinski definition) is 0. The molecule has 0 aromatic carbocycles. The van der Waals surface area contributed by atoms with Crippen molar-refractivity contribution < 1.29 is 1.43 Å². The van der Waals surface area contributed by atoms with Gasteiger partial charge < -0.3 is 1.43 Å². The zero-order valence-electron chi connectivity index (χ0n) is 8.39. The average Bonchev–Trinajstić information content (AvgIpc) is 2.60. The van der Waals surface area contributed by atoms with Gasteiger partial charge in [-0.25, -0.2) is 0 Å². The Bertz CT molecular complexity index is 101. The largest absolute Gasteiger partial charge is 1.00 e. The first-order chi connectivity index (χ1) is 5.45. The molecule has 0 N–H and O–H groups in total. The van der Waals surface area contributed by atoms with Crippen LogP contribution in [0.1, 0.15) is 52.8 Å². The molecular weight excluding hydrogens is 190 g/mol. The van der Waals surface area contributed by atoms with Crippen molar-refractivity contribution in [3.8, 4) is 0 Å². The summed E-state index contributed by atoms with van der Waals surface area (Å²) in [6, 6.07) is 0. The molecule has 0 amide bonds. The molecule has 2 fully saturated rings. The third-order valence-corrected chi connectivity index (χ3v) is 8.43. The van der Waals surface area contributed by atoms with Gasteiger partial charge in [0, 0.05) is 0 Å². The minimum atomic E-state index is 0. The van der Waals surface area contributed by atoms with Gasteiger partial charge in [0.25, 0.3) is 0 Å². The molecule has 0 radical (unpaired) electrons. The first kappa shape index (κ1) is 8.24. The van der Waals surface area contributed by atoms with Crippen molar-refractivity contribution in [2.45, 2.75) is 60.3 Å². The van der Waals surface area contributed by atoms with Crippen molar-refractivity contribution in [1.82, 2.24) is 0 Å². The third-order valence-electron chi connectivity index (χ3n) is 3.34. The molecule has 0 unspecified atom stereocenters. The van der Waals surface area contributed by atoms with Crippen molar-refractivity contribution in [2.75, 3.05) is 0 Å². The molecule has 0 aromatic rings. The summed E-state index contributed by atoms with van der Waals surface area (Å²) in [6.45, 7) is 0. The van der Waals surface area contributed by atoms with Crippen LogP contribution in [0, 0.1) is 0 Å². The number of hydrogen-bond acceptors (Lipinski definition) is 0. The predicted octanol–water partition coefficient (Wildman–Crippen LogP) is 3.53. The van der Waals surface area contributed by atoms with Crippen LogP contribution in [0.3, 0.4) is 0 Å². The van der Waals surface area contributed by atoms with Gasteiger partial charge in [-0.1, -0.05) is 0 Å². The Morgan fingerprint density at radius 2 is 1.09 bits per heavy atom. The summed E-state index contributed by atoms with van der Waals surface area (Å²) in [4.78, 5) is 0. The zero-order valence-corrected chi connectivity index (χ0v) is 9.81. The average molecular weight is 209 g/mol. The van der Waals surface area contributed by atoms with E-state index >= 15 is 0 Å². The van der Waals surface area contributed by atoms with Crippen LogP contribution in [-0.2, 0) is 0 Å². The van der Waals surface area contributed by atoms with Crippen LogP contribution < -0.4 is 0 Å². The Morgan fingerprint density at radius 1 is 0.727 bits per heavy atom. The van der Waals surface area contributed by atoms with E-state index < -0.39 is 0 Å². The second kappa shape index (κ2) is 4.04. The van der Waals surface area contributed by atoms with Crippen molar-refractivity contribution >= 4 is 17.4 Å². The Balaban J connectivity index is 0.000000720. The van der Waals surface area contributed by atoms with Gasteiger partial charge in [-0.05, 0) is 0 Å². The zero-order chi connectivity index (χ0) is 7.52. The molecule has 2 rings (SSSR count). The predicted molar refractivity (Wildman–Crippen MR) is 51.3 cm³/mol. The summed E-state index contributed by atoms with van der Waals surface area (Å²) in [5, 5.41) is 0. The van der Waals surface area contributed by atoms with Crippen LogP contribution in [0.4, 0.5) is 0 Å². The molecule has 0 aromatic heterocycles. The standard InChI is InChI=1S/2C5H9.Ga.H/c2*1-2-4-5-3-1;;/h2*1H,2-5H2;;/q;;+1;-1. The van der Waals surface area contributed by atoms with Crippen LogP contribution >= 0.6 is 0 Å². The molecule has 0 saturated heterocycles. The van der Waals surface area contributed by atoms with E-state index in [4.69, 9.17) is 0 Å². The molecule has 2 aliphatic rings. The second-order valence-electron chi connectivity index (χ2n) is 4.28. The Morgan fingerprint density at radius 3 is 1.45 bits per heavy atom. The maximum absolute atomic E-state index is 1.62. The molecule has 0 bridgehead atoms. The van der Waals surface area contributed by atoms with Gasteiger partial charge >= 0.3 is 77.7 Å². The maximum Gasteiger partial charge on any atom is -1.00 e. The normalized spacial score (nSPS) is 27.6. The first-order valence-electron chi connectivity index (χ1n) is 5.30. The molecule has 1 heteroatoms. The molecule has 0 aliphatic heterocycles. The summed E-state index contributed by atoms with van der Waals surface area (Å²) in [5.74, 6) is 0.